The quantitative estimate of drug-likeness (QED) is 0.922. The smallest absolute Gasteiger partial charge is 0.0721 e. The lowest BCUT2D eigenvalue weighted by Gasteiger charge is -2.46. The summed E-state index contributed by atoms with van der Waals surface area (Å²) in [6.07, 6.45) is 4.73. The third-order valence-electron chi connectivity index (χ3n) is 5.00. The minimum absolute atomic E-state index is 0.151. The number of nitrogens with zero attached hydrogens (tertiary/aromatic N) is 1. The first-order chi connectivity index (χ1) is 10.3. The highest BCUT2D eigenvalue weighted by atomic mass is 16.5. The van der Waals surface area contributed by atoms with Crippen LogP contribution in [0.25, 0.3) is 0 Å². The molecule has 3 nitrogen and oxygen atoms in total. The van der Waals surface area contributed by atoms with E-state index in [1.165, 1.54) is 31.2 Å². The van der Waals surface area contributed by atoms with Gasteiger partial charge in [-0.2, -0.15) is 0 Å². The molecule has 3 heteroatoms. The molecule has 3 rings (SSSR count). The second-order valence-corrected chi connectivity index (χ2v) is 6.54. The van der Waals surface area contributed by atoms with Crippen molar-refractivity contribution in [3.05, 3.63) is 35.9 Å². The van der Waals surface area contributed by atoms with E-state index in [1.807, 2.05) is 0 Å². The number of hydrogen-bond donors (Lipinski definition) is 1. The molecule has 0 aliphatic carbocycles. The first-order valence-electron chi connectivity index (χ1n) is 8.43. The maximum Gasteiger partial charge on any atom is 0.0721 e. The van der Waals surface area contributed by atoms with Gasteiger partial charge in [0.25, 0.3) is 0 Å². The maximum absolute atomic E-state index is 6.21. The first kappa shape index (κ1) is 15.0. The van der Waals surface area contributed by atoms with Gasteiger partial charge in [-0.15, -0.1) is 0 Å². The fourth-order valence-corrected chi connectivity index (χ4v) is 3.80. The van der Waals surface area contributed by atoms with Crippen molar-refractivity contribution in [3.8, 4) is 0 Å². The van der Waals surface area contributed by atoms with Crippen LogP contribution in [0.1, 0.15) is 38.2 Å². The van der Waals surface area contributed by atoms with Crippen molar-refractivity contribution in [2.75, 3.05) is 26.2 Å². The van der Waals surface area contributed by atoms with Crippen LogP contribution in [0.2, 0.25) is 0 Å². The number of rotatable bonds is 4. The topological polar surface area (TPSA) is 24.5 Å². The standard InChI is InChI=1S/C18H28N2O/c1-2-19-17-8-13-21-18(14-17)9-11-20(12-10-18)15-16-6-4-3-5-7-16/h3-7,17,19H,2,8-15H2,1H3/t17-/m1/s1. The van der Waals surface area contributed by atoms with Crippen LogP contribution in [0.5, 0.6) is 0 Å². The fourth-order valence-electron chi connectivity index (χ4n) is 3.80. The van der Waals surface area contributed by atoms with E-state index in [0.717, 1.165) is 32.8 Å². The molecule has 0 unspecified atom stereocenters. The fraction of sp³-hybridized carbons (Fsp3) is 0.667. The molecule has 1 aromatic carbocycles. The first-order valence-corrected chi connectivity index (χ1v) is 8.43. The molecule has 116 valence electrons. The van der Waals surface area contributed by atoms with Crippen LogP contribution < -0.4 is 5.32 Å². The van der Waals surface area contributed by atoms with Gasteiger partial charge in [0.1, 0.15) is 0 Å². The zero-order chi connectivity index (χ0) is 14.5. The molecule has 2 heterocycles. The number of nitrogens with one attached hydrogen (secondary N) is 1. The number of ether oxygens (including phenoxy) is 1. The summed E-state index contributed by atoms with van der Waals surface area (Å²) in [7, 11) is 0. The van der Waals surface area contributed by atoms with Crippen molar-refractivity contribution < 1.29 is 4.74 Å². The van der Waals surface area contributed by atoms with Crippen LogP contribution in [-0.2, 0) is 11.3 Å². The molecule has 2 aliphatic rings. The predicted molar refractivity (Wildman–Crippen MR) is 86.3 cm³/mol. The summed E-state index contributed by atoms with van der Waals surface area (Å²) < 4.78 is 6.21. The summed E-state index contributed by atoms with van der Waals surface area (Å²) in [6.45, 7) is 7.59. The van der Waals surface area contributed by atoms with Crippen molar-refractivity contribution in [2.45, 2.75) is 50.8 Å². The average molecular weight is 288 g/mol. The molecule has 21 heavy (non-hydrogen) atoms. The Balaban J connectivity index is 1.52. The Bertz CT molecular complexity index is 424. The van der Waals surface area contributed by atoms with Crippen LogP contribution in [0.4, 0.5) is 0 Å². The van der Waals surface area contributed by atoms with E-state index < -0.39 is 0 Å². The van der Waals surface area contributed by atoms with Gasteiger partial charge in [0.2, 0.25) is 0 Å². The van der Waals surface area contributed by atoms with E-state index in [1.54, 1.807) is 0 Å². The maximum atomic E-state index is 6.21. The third kappa shape index (κ3) is 3.85. The van der Waals surface area contributed by atoms with E-state index in [4.69, 9.17) is 4.74 Å². The van der Waals surface area contributed by atoms with E-state index >= 15 is 0 Å². The Morgan fingerprint density at radius 3 is 2.71 bits per heavy atom. The van der Waals surface area contributed by atoms with E-state index in [2.05, 4.69) is 47.5 Å². The molecule has 1 aromatic rings. The second-order valence-electron chi connectivity index (χ2n) is 6.54. The number of piperidine rings is 1. The SMILES string of the molecule is CCN[C@@H]1CCOC2(CCN(Cc3ccccc3)CC2)C1. The zero-order valence-corrected chi connectivity index (χ0v) is 13.2. The van der Waals surface area contributed by atoms with Gasteiger partial charge in [0, 0.05) is 32.3 Å². The van der Waals surface area contributed by atoms with Gasteiger partial charge in [-0.25, -0.2) is 0 Å². The number of hydrogen-bond acceptors (Lipinski definition) is 3. The minimum atomic E-state index is 0.151. The Hall–Kier alpha value is -0.900. The Morgan fingerprint density at radius 1 is 1.24 bits per heavy atom. The van der Waals surface area contributed by atoms with Crippen molar-refractivity contribution in [1.29, 1.82) is 0 Å². The predicted octanol–water partition coefficient (Wildman–Crippen LogP) is 2.81. The Kier molecular flexibility index (Phi) is 4.94. The van der Waals surface area contributed by atoms with Crippen LogP contribution in [0.3, 0.4) is 0 Å². The van der Waals surface area contributed by atoms with Gasteiger partial charge in [-0.05, 0) is 37.8 Å². The molecule has 2 fully saturated rings. The number of likely N-dealkylation sites (tertiary alicyclic amines) is 1. The van der Waals surface area contributed by atoms with E-state index in [0.29, 0.717) is 6.04 Å². The van der Waals surface area contributed by atoms with Crippen LogP contribution in [-0.4, -0.2) is 42.8 Å². The summed E-state index contributed by atoms with van der Waals surface area (Å²) in [6, 6.07) is 11.5. The molecule has 0 amide bonds. The van der Waals surface area contributed by atoms with Crippen LogP contribution in [0, 0.1) is 0 Å². The monoisotopic (exact) mass is 288 g/mol. The lowest BCUT2D eigenvalue weighted by molar-refractivity contribution is -0.120. The van der Waals surface area contributed by atoms with Gasteiger partial charge < -0.3 is 10.1 Å². The molecular formula is C18H28N2O. The van der Waals surface area contributed by atoms with E-state index in [-0.39, 0.29) is 5.60 Å². The van der Waals surface area contributed by atoms with Crippen LogP contribution in [0.15, 0.2) is 30.3 Å². The lowest BCUT2D eigenvalue weighted by atomic mass is 9.82. The van der Waals surface area contributed by atoms with Gasteiger partial charge >= 0.3 is 0 Å². The lowest BCUT2D eigenvalue weighted by Crippen LogP contribution is -2.52. The molecule has 1 atom stereocenters. The van der Waals surface area contributed by atoms with Gasteiger partial charge in [-0.3, -0.25) is 4.90 Å². The van der Waals surface area contributed by atoms with Crippen molar-refractivity contribution >= 4 is 0 Å². The molecule has 0 bridgehead atoms. The molecule has 1 spiro atoms. The number of benzene rings is 1. The highest BCUT2D eigenvalue weighted by Gasteiger charge is 2.39. The minimum Gasteiger partial charge on any atom is -0.375 e. The summed E-state index contributed by atoms with van der Waals surface area (Å²) in [4.78, 5) is 2.57. The summed E-state index contributed by atoms with van der Waals surface area (Å²) in [5, 5.41) is 3.61. The van der Waals surface area contributed by atoms with Gasteiger partial charge in [0.05, 0.1) is 5.60 Å². The Labute approximate surface area is 128 Å². The Morgan fingerprint density at radius 2 is 2.00 bits per heavy atom. The molecule has 2 aliphatic heterocycles. The van der Waals surface area contributed by atoms with E-state index in [9.17, 15) is 0 Å². The highest BCUT2D eigenvalue weighted by molar-refractivity contribution is 5.14. The van der Waals surface area contributed by atoms with Crippen molar-refractivity contribution in [3.63, 3.8) is 0 Å². The molecule has 1 N–H and O–H groups in total. The molecule has 2 saturated heterocycles. The largest absolute Gasteiger partial charge is 0.375 e. The summed E-state index contributed by atoms with van der Waals surface area (Å²) >= 11 is 0. The van der Waals surface area contributed by atoms with Crippen molar-refractivity contribution in [1.82, 2.24) is 10.2 Å². The molecule has 0 radical (unpaired) electrons. The molecule has 0 aromatic heterocycles. The normalized spacial score (nSPS) is 26.0. The van der Waals surface area contributed by atoms with Gasteiger partial charge in [-0.1, -0.05) is 37.3 Å². The third-order valence-corrected chi connectivity index (χ3v) is 5.00. The second kappa shape index (κ2) is 6.91. The summed E-state index contributed by atoms with van der Waals surface area (Å²) in [5.41, 5.74) is 1.57. The zero-order valence-electron chi connectivity index (χ0n) is 13.2. The average Bonchev–Trinajstić information content (AvgIpc) is 2.52. The van der Waals surface area contributed by atoms with Crippen LogP contribution >= 0.6 is 0 Å². The van der Waals surface area contributed by atoms with Crippen molar-refractivity contribution in [2.24, 2.45) is 0 Å². The molecule has 0 saturated carbocycles. The molecular weight excluding hydrogens is 260 g/mol. The van der Waals surface area contributed by atoms with Gasteiger partial charge in [0.15, 0.2) is 0 Å². The summed E-state index contributed by atoms with van der Waals surface area (Å²) in [5.74, 6) is 0. The highest BCUT2D eigenvalue weighted by Crippen LogP contribution is 2.35.